The van der Waals surface area contributed by atoms with E-state index in [1.165, 1.54) is 5.56 Å². The number of carboxylic acids is 1. The molecule has 0 aliphatic carbocycles. The Morgan fingerprint density at radius 2 is 1.90 bits per heavy atom. The third kappa shape index (κ3) is 3.61. The molecule has 0 unspecified atom stereocenters. The molecule has 2 aromatic carbocycles. The number of hydrogen-bond acceptors (Lipinski definition) is 2. The van der Waals surface area contributed by atoms with Gasteiger partial charge >= 0.3 is 5.97 Å². The Kier molecular flexibility index (Phi) is 4.79. The first kappa shape index (κ1) is 14.6. The quantitative estimate of drug-likeness (QED) is 0.904. The standard InChI is InChI=1S/C16H16BrNO2/c1-18(10-9-12-5-3-2-4-6-12)15-8-7-13(16(19)20)11-14(15)17/h2-8,11H,9-10H2,1H3,(H,19,20). The van der Waals surface area contributed by atoms with E-state index in [4.69, 9.17) is 5.11 Å². The molecule has 0 heterocycles. The van der Waals surface area contributed by atoms with E-state index in [0.29, 0.717) is 0 Å². The SMILES string of the molecule is CN(CCc1ccccc1)c1ccc(C(=O)O)cc1Br. The highest BCUT2D eigenvalue weighted by Gasteiger charge is 2.09. The Morgan fingerprint density at radius 1 is 1.20 bits per heavy atom. The highest BCUT2D eigenvalue weighted by atomic mass is 79.9. The number of anilines is 1. The monoisotopic (exact) mass is 333 g/mol. The number of hydrogen-bond donors (Lipinski definition) is 1. The molecular weight excluding hydrogens is 318 g/mol. The van der Waals surface area contributed by atoms with Crippen LogP contribution in [-0.2, 0) is 6.42 Å². The summed E-state index contributed by atoms with van der Waals surface area (Å²) in [5, 5.41) is 8.96. The fourth-order valence-electron chi connectivity index (χ4n) is 2.01. The number of nitrogens with zero attached hydrogens (tertiary/aromatic N) is 1. The van der Waals surface area contributed by atoms with Crippen LogP contribution < -0.4 is 4.90 Å². The molecule has 3 nitrogen and oxygen atoms in total. The van der Waals surface area contributed by atoms with Gasteiger partial charge in [0.1, 0.15) is 0 Å². The number of likely N-dealkylation sites (N-methyl/N-ethyl adjacent to an activating group) is 1. The average Bonchev–Trinajstić information content (AvgIpc) is 2.45. The lowest BCUT2D eigenvalue weighted by atomic mass is 10.1. The van der Waals surface area contributed by atoms with Gasteiger partial charge in [0.25, 0.3) is 0 Å². The first-order valence-electron chi connectivity index (χ1n) is 6.36. The van der Waals surface area contributed by atoms with Crippen LogP contribution in [0.4, 0.5) is 5.69 Å². The molecule has 0 radical (unpaired) electrons. The lowest BCUT2D eigenvalue weighted by molar-refractivity contribution is 0.0697. The van der Waals surface area contributed by atoms with Crippen molar-refractivity contribution < 1.29 is 9.90 Å². The van der Waals surface area contributed by atoms with Crippen molar-refractivity contribution in [3.8, 4) is 0 Å². The second-order valence-corrected chi connectivity index (χ2v) is 5.48. The molecule has 0 bridgehead atoms. The van der Waals surface area contributed by atoms with Crippen molar-refractivity contribution in [1.82, 2.24) is 0 Å². The number of carbonyl (C=O) groups is 1. The maximum atomic E-state index is 10.9. The van der Waals surface area contributed by atoms with E-state index < -0.39 is 5.97 Å². The molecule has 1 N–H and O–H groups in total. The van der Waals surface area contributed by atoms with Crippen LogP contribution in [0.5, 0.6) is 0 Å². The zero-order chi connectivity index (χ0) is 14.5. The summed E-state index contributed by atoms with van der Waals surface area (Å²) in [4.78, 5) is 13.0. The maximum absolute atomic E-state index is 10.9. The van der Waals surface area contributed by atoms with Crippen molar-refractivity contribution in [1.29, 1.82) is 0 Å². The largest absolute Gasteiger partial charge is 0.478 e. The summed E-state index contributed by atoms with van der Waals surface area (Å²) in [6.07, 6.45) is 0.949. The van der Waals surface area contributed by atoms with Crippen LogP contribution in [0.1, 0.15) is 15.9 Å². The van der Waals surface area contributed by atoms with Crippen LogP contribution in [0.3, 0.4) is 0 Å². The molecule has 0 aliphatic heterocycles. The smallest absolute Gasteiger partial charge is 0.335 e. The van der Waals surface area contributed by atoms with Crippen molar-refractivity contribution in [2.45, 2.75) is 6.42 Å². The third-order valence-electron chi connectivity index (χ3n) is 3.18. The predicted molar refractivity (Wildman–Crippen MR) is 84.5 cm³/mol. The normalized spacial score (nSPS) is 10.3. The molecule has 0 fully saturated rings. The van der Waals surface area contributed by atoms with Gasteiger partial charge in [0, 0.05) is 18.1 Å². The molecule has 4 heteroatoms. The van der Waals surface area contributed by atoms with Crippen molar-refractivity contribution in [2.24, 2.45) is 0 Å². The van der Waals surface area contributed by atoms with Crippen molar-refractivity contribution in [3.63, 3.8) is 0 Å². The summed E-state index contributed by atoms with van der Waals surface area (Å²) in [6.45, 7) is 0.870. The minimum Gasteiger partial charge on any atom is -0.478 e. The molecule has 0 saturated heterocycles. The van der Waals surface area contributed by atoms with Gasteiger partial charge in [-0.3, -0.25) is 0 Å². The van der Waals surface area contributed by atoms with Gasteiger partial charge in [-0.25, -0.2) is 4.79 Å². The molecule has 2 aromatic rings. The maximum Gasteiger partial charge on any atom is 0.335 e. The Balaban J connectivity index is 2.06. The van der Waals surface area contributed by atoms with E-state index in [9.17, 15) is 4.79 Å². The van der Waals surface area contributed by atoms with Crippen LogP contribution in [0, 0.1) is 0 Å². The van der Waals surface area contributed by atoms with Gasteiger partial charge in [0.2, 0.25) is 0 Å². The highest BCUT2D eigenvalue weighted by molar-refractivity contribution is 9.10. The van der Waals surface area contributed by atoms with Crippen molar-refractivity contribution in [2.75, 3.05) is 18.5 Å². The van der Waals surface area contributed by atoms with Gasteiger partial charge in [-0.2, -0.15) is 0 Å². The number of halogens is 1. The van der Waals surface area contributed by atoms with Crippen LogP contribution >= 0.6 is 15.9 Å². The molecular formula is C16H16BrNO2. The molecule has 0 amide bonds. The third-order valence-corrected chi connectivity index (χ3v) is 3.82. The molecule has 0 aromatic heterocycles. The predicted octanol–water partition coefficient (Wildman–Crippen LogP) is 3.83. The van der Waals surface area contributed by atoms with E-state index in [1.807, 2.05) is 31.3 Å². The van der Waals surface area contributed by atoms with Crippen LogP contribution in [0.25, 0.3) is 0 Å². The summed E-state index contributed by atoms with van der Waals surface area (Å²) >= 11 is 3.44. The van der Waals surface area contributed by atoms with Gasteiger partial charge in [-0.15, -0.1) is 0 Å². The summed E-state index contributed by atoms with van der Waals surface area (Å²) in [6, 6.07) is 15.4. The van der Waals surface area contributed by atoms with E-state index >= 15 is 0 Å². The lowest BCUT2D eigenvalue weighted by Crippen LogP contribution is -2.20. The summed E-state index contributed by atoms with van der Waals surface area (Å²) in [5.41, 5.74) is 2.57. The Morgan fingerprint density at radius 3 is 2.50 bits per heavy atom. The van der Waals surface area contributed by atoms with Crippen LogP contribution in [-0.4, -0.2) is 24.7 Å². The van der Waals surface area contributed by atoms with Gasteiger partial charge < -0.3 is 10.0 Å². The molecule has 20 heavy (non-hydrogen) atoms. The van der Waals surface area contributed by atoms with Crippen LogP contribution in [0.15, 0.2) is 53.0 Å². The zero-order valence-electron chi connectivity index (χ0n) is 11.2. The zero-order valence-corrected chi connectivity index (χ0v) is 12.8. The number of benzene rings is 2. The lowest BCUT2D eigenvalue weighted by Gasteiger charge is -2.21. The van der Waals surface area contributed by atoms with Gasteiger partial charge in [0.15, 0.2) is 0 Å². The summed E-state index contributed by atoms with van der Waals surface area (Å²) in [5.74, 6) is -0.913. The summed E-state index contributed by atoms with van der Waals surface area (Å²) < 4.78 is 0.799. The Bertz CT molecular complexity index is 599. The minimum absolute atomic E-state index is 0.289. The molecule has 2 rings (SSSR count). The second kappa shape index (κ2) is 6.57. The Hall–Kier alpha value is -1.81. The minimum atomic E-state index is -0.913. The molecule has 0 aliphatic rings. The fraction of sp³-hybridized carbons (Fsp3) is 0.188. The topological polar surface area (TPSA) is 40.5 Å². The van der Waals surface area contributed by atoms with Crippen LogP contribution in [0.2, 0.25) is 0 Å². The van der Waals surface area contributed by atoms with Gasteiger partial charge in [-0.05, 0) is 46.1 Å². The molecule has 0 saturated carbocycles. The molecule has 0 spiro atoms. The van der Waals surface area contributed by atoms with E-state index in [1.54, 1.807) is 12.1 Å². The highest BCUT2D eigenvalue weighted by Crippen LogP contribution is 2.26. The van der Waals surface area contributed by atoms with E-state index in [0.717, 1.165) is 23.1 Å². The van der Waals surface area contributed by atoms with Gasteiger partial charge in [0.05, 0.1) is 11.3 Å². The van der Waals surface area contributed by atoms with Gasteiger partial charge in [-0.1, -0.05) is 30.3 Å². The number of aromatic carboxylic acids is 1. The average molecular weight is 334 g/mol. The molecule has 104 valence electrons. The van der Waals surface area contributed by atoms with Crippen molar-refractivity contribution >= 4 is 27.6 Å². The first-order valence-corrected chi connectivity index (χ1v) is 7.15. The molecule has 0 atom stereocenters. The fourth-order valence-corrected chi connectivity index (χ4v) is 2.69. The summed E-state index contributed by atoms with van der Waals surface area (Å²) in [7, 11) is 2.00. The first-order chi connectivity index (χ1) is 9.58. The number of carboxylic acid groups (broad SMARTS) is 1. The number of rotatable bonds is 5. The second-order valence-electron chi connectivity index (χ2n) is 4.63. The van der Waals surface area contributed by atoms with E-state index in [-0.39, 0.29) is 5.56 Å². The van der Waals surface area contributed by atoms with Crippen molar-refractivity contribution in [3.05, 3.63) is 64.1 Å². The Labute approximate surface area is 127 Å². The van der Waals surface area contributed by atoms with E-state index in [2.05, 4.69) is 33.0 Å².